The van der Waals surface area contributed by atoms with E-state index in [9.17, 15) is 4.79 Å². The van der Waals surface area contributed by atoms with E-state index >= 15 is 0 Å². The molecule has 1 N–H and O–H groups in total. The number of hydrogen-bond acceptors (Lipinski definition) is 2. The Morgan fingerprint density at radius 1 is 1.40 bits per heavy atom. The SMILES string of the molecule is O=C(CC1CCSCC1)NC/C=C/CCl. The molecular weight excluding hydrogens is 230 g/mol. The Bertz CT molecular complexity index is 215. The van der Waals surface area contributed by atoms with Gasteiger partial charge in [0.05, 0.1) is 0 Å². The summed E-state index contributed by atoms with van der Waals surface area (Å²) in [5.41, 5.74) is 0. The molecule has 4 heteroatoms. The zero-order valence-electron chi connectivity index (χ0n) is 8.88. The zero-order valence-corrected chi connectivity index (χ0v) is 10.4. The van der Waals surface area contributed by atoms with E-state index < -0.39 is 0 Å². The number of halogens is 1. The van der Waals surface area contributed by atoms with Crippen molar-refractivity contribution in [1.82, 2.24) is 5.32 Å². The Balaban J connectivity index is 2.09. The molecule has 1 aliphatic heterocycles. The van der Waals surface area contributed by atoms with E-state index in [2.05, 4.69) is 5.32 Å². The lowest BCUT2D eigenvalue weighted by atomic mass is 9.98. The second-order valence-corrected chi connectivity index (χ2v) is 5.22. The smallest absolute Gasteiger partial charge is 0.220 e. The summed E-state index contributed by atoms with van der Waals surface area (Å²) in [7, 11) is 0. The lowest BCUT2D eigenvalue weighted by Crippen LogP contribution is -2.26. The van der Waals surface area contributed by atoms with Crippen LogP contribution in [0.3, 0.4) is 0 Å². The summed E-state index contributed by atoms with van der Waals surface area (Å²) in [5, 5.41) is 2.87. The predicted octanol–water partition coefficient (Wildman–Crippen LogP) is 2.43. The molecule has 1 saturated heterocycles. The van der Waals surface area contributed by atoms with Gasteiger partial charge < -0.3 is 5.32 Å². The number of rotatable bonds is 5. The summed E-state index contributed by atoms with van der Waals surface area (Å²) in [6.45, 7) is 0.604. The normalized spacial score (nSPS) is 18.2. The van der Waals surface area contributed by atoms with Crippen LogP contribution in [0.15, 0.2) is 12.2 Å². The van der Waals surface area contributed by atoms with E-state index in [1.807, 2.05) is 23.9 Å². The van der Waals surface area contributed by atoms with E-state index in [1.165, 1.54) is 24.3 Å². The van der Waals surface area contributed by atoms with E-state index in [4.69, 9.17) is 11.6 Å². The van der Waals surface area contributed by atoms with Crippen molar-refractivity contribution in [3.63, 3.8) is 0 Å². The summed E-state index contributed by atoms with van der Waals surface area (Å²) >= 11 is 7.46. The first-order chi connectivity index (χ1) is 7.33. The standard InChI is InChI=1S/C11H18ClNOS/c12-5-1-2-6-13-11(14)9-10-3-7-15-8-4-10/h1-2,10H,3-9H2,(H,13,14)/b2-1+. The van der Waals surface area contributed by atoms with Gasteiger partial charge in [-0.2, -0.15) is 11.8 Å². The van der Waals surface area contributed by atoms with Crippen molar-refractivity contribution >= 4 is 29.3 Å². The second kappa shape index (κ2) is 8.05. The topological polar surface area (TPSA) is 29.1 Å². The summed E-state index contributed by atoms with van der Waals surface area (Å²) in [5.74, 6) is 3.71. The van der Waals surface area contributed by atoms with Crippen molar-refractivity contribution in [1.29, 1.82) is 0 Å². The Hall–Kier alpha value is -0.150. The lowest BCUT2D eigenvalue weighted by Gasteiger charge is -2.20. The van der Waals surface area contributed by atoms with Gasteiger partial charge in [0.25, 0.3) is 0 Å². The first kappa shape index (κ1) is 12.9. The maximum absolute atomic E-state index is 11.5. The number of thioether (sulfide) groups is 1. The maximum atomic E-state index is 11.5. The number of hydrogen-bond donors (Lipinski definition) is 1. The Kier molecular flexibility index (Phi) is 6.94. The molecule has 86 valence electrons. The van der Waals surface area contributed by atoms with Gasteiger partial charge in [0.2, 0.25) is 5.91 Å². The van der Waals surface area contributed by atoms with Gasteiger partial charge >= 0.3 is 0 Å². The first-order valence-corrected chi connectivity index (χ1v) is 7.07. The van der Waals surface area contributed by atoms with Crippen molar-refractivity contribution < 1.29 is 4.79 Å². The molecule has 1 amide bonds. The van der Waals surface area contributed by atoms with E-state index in [1.54, 1.807) is 0 Å². The maximum Gasteiger partial charge on any atom is 0.220 e. The molecule has 1 fully saturated rings. The minimum Gasteiger partial charge on any atom is -0.353 e. The average molecular weight is 248 g/mol. The molecule has 0 spiro atoms. The first-order valence-electron chi connectivity index (χ1n) is 5.38. The van der Waals surface area contributed by atoms with Crippen LogP contribution in [0.5, 0.6) is 0 Å². The fourth-order valence-corrected chi connectivity index (χ4v) is 2.93. The van der Waals surface area contributed by atoms with Crippen LogP contribution in [-0.4, -0.2) is 29.8 Å². The summed E-state index contributed by atoms with van der Waals surface area (Å²) < 4.78 is 0. The molecule has 1 rings (SSSR count). The second-order valence-electron chi connectivity index (χ2n) is 3.69. The zero-order chi connectivity index (χ0) is 10.9. The third kappa shape index (κ3) is 6.10. The highest BCUT2D eigenvalue weighted by molar-refractivity contribution is 7.99. The van der Waals surface area contributed by atoms with Gasteiger partial charge in [0.15, 0.2) is 0 Å². The van der Waals surface area contributed by atoms with Crippen LogP contribution in [0.25, 0.3) is 0 Å². The lowest BCUT2D eigenvalue weighted by molar-refractivity contribution is -0.121. The summed E-state index contributed by atoms with van der Waals surface area (Å²) in [6.07, 6.45) is 6.81. The monoisotopic (exact) mass is 247 g/mol. The van der Waals surface area contributed by atoms with Crippen molar-refractivity contribution in [2.45, 2.75) is 19.3 Å². The minimum absolute atomic E-state index is 0.172. The van der Waals surface area contributed by atoms with Crippen molar-refractivity contribution in [2.75, 3.05) is 23.9 Å². The van der Waals surface area contributed by atoms with Crippen LogP contribution in [0.1, 0.15) is 19.3 Å². The van der Waals surface area contributed by atoms with Gasteiger partial charge in [-0.1, -0.05) is 12.2 Å². The molecule has 0 aromatic heterocycles. The van der Waals surface area contributed by atoms with Crippen molar-refractivity contribution in [3.8, 4) is 0 Å². The molecular formula is C11H18ClNOS. The van der Waals surface area contributed by atoms with Crippen LogP contribution >= 0.6 is 23.4 Å². The molecule has 0 aromatic carbocycles. The largest absolute Gasteiger partial charge is 0.353 e. The van der Waals surface area contributed by atoms with Crippen LogP contribution in [0.4, 0.5) is 0 Å². The number of alkyl halides is 1. The molecule has 1 aliphatic rings. The van der Waals surface area contributed by atoms with Crippen molar-refractivity contribution in [3.05, 3.63) is 12.2 Å². The molecule has 0 saturated carbocycles. The van der Waals surface area contributed by atoms with Gasteiger partial charge in [0.1, 0.15) is 0 Å². The molecule has 0 atom stereocenters. The summed E-state index contributed by atoms with van der Waals surface area (Å²) in [4.78, 5) is 11.5. The Labute approximate surface area is 101 Å². The quantitative estimate of drug-likeness (QED) is 0.597. The van der Waals surface area contributed by atoms with E-state index in [0.29, 0.717) is 24.8 Å². The van der Waals surface area contributed by atoms with E-state index in [-0.39, 0.29) is 5.91 Å². The highest BCUT2D eigenvalue weighted by Gasteiger charge is 2.16. The van der Waals surface area contributed by atoms with Crippen LogP contribution in [0, 0.1) is 5.92 Å². The molecule has 0 unspecified atom stereocenters. The average Bonchev–Trinajstić information content (AvgIpc) is 2.26. The fourth-order valence-electron chi connectivity index (χ4n) is 1.60. The predicted molar refractivity (Wildman–Crippen MR) is 67.5 cm³/mol. The van der Waals surface area contributed by atoms with E-state index in [0.717, 1.165) is 0 Å². The molecule has 15 heavy (non-hydrogen) atoms. The number of nitrogens with one attached hydrogen (secondary N) is 1. The molecule has 0 aliphatic carbocycles. The minimum atomic E-state index is 0.172. The number of carbonyl (C=O) groups is 1. The summed E-state index contributed by atoms with van der Waals surface area (Å²) in [6, 6.07) is 0. The Morgan fingerprint density at radius 2 is 2.13 bits per heavy atom. The number of carbonyl (C=O) groups excluding carboxylic acids is 1. The molecule has 2 nitrogen and oxygen atoms in total. The van der Waals surface area contributed by atoms with Gasteiger partial charge in [-0.25, -0.2) is 0 Å². The third-order valence-electron chi connectivity index (χ3n) is 2.49. The highest BCUT2D eigenvalue weighted by atomic mass is 35.5. The fraction of sp³-hybridized carbons (Fsp3) is 0.727. The highest BCUT2D eigenvalue weighted by Crippen LogP contribution is 2.24. The molecule has 0 radical (unpaired) electrons. The van der Waals surface area contributed by atoms with Gasteiger partial charge in [-0.15, -0.1) is 11.6 Å². The Morgan fingerprint density at radius 3 is 2.80 bits per heavy atom. The van der Waals surface area contributed by atoms with Crippen LogP contribution in [0.2, 0.25) is 0 Å². The van der Waals surface area contributed by atoms with Gasteiger partial charge in [0, 0.05) is 18.8 Å². The number of allylic oxidation sites excluding steroid dienone is 1. The van der Waals surface area contributed by atoms with Gasteiger partial charge in [-0.05, 0) is 30.3 Å². The van der Waals surface area contributed by atoms with Crippen LogP contribution < -0.4 is 5.32 Å². The number of amides is 1. The molecule has 0 bridgehead atoms. The third-order valence-corrected chi connectivity index (χ3v) is 3.71. The van der Waals surface area contributed by atoms with Gasteiger partial charge in [-0.3, -0.25) is 4.79 Å². The van der Waals surface area contributed by atoms with Crippen molar-refractivity contribution in [2.24, 2.45) is 5.92 Å². The molecule has 1 heterocycles. The van der Waals surface area contributed by atoms with Crippen LogP contribution in [-0.2, 0) is 4.79 Å². The molecule has 0 aromatic rings.